The average Bonchev–Trinajstić information content (AvgIpc) is 2.53. The average molecular weight is 388 g/mol. The van der Waals surface area contributed by atoms with Crippen molar-refractivity contribution in [2.24, 2.45) is 4.99 Å². The molecule has 1 aromatic carbocycles. The summed E-state index contributed by atoms with van der Waals surface area (Å²) in [6, 6.07) is 6.21. The number of nitrogens with zero attached hydrogens (tertiary/aromatic N) is 1. The molecule has 0 spiro atoms. The first-order valence-electron chi connectivity index (χ1n) is 8.72. The van der Waals surface area contributed by atoms with Crippen molar-refractivity contribution >= 4 is 15.8 Å². The summed E-state index contributed by atoms with van der Waals surface area (Å²) in [6.07, 6.45) is -0.333. The van der Waals surface area contributed by atoms with Crippen molar-refractivity contribution in [3.63, 3.8) is 0 Å². The zero-order valence-corrected chi connectivity index (χ0v) is 17.0. The zero-order valence-electron chi connectivity index (χ0n) is 16.2. The van der Waals surface area contributed by atoms with E-state index in [-0.39, 0.29) is 24.2 Å². The predicted molar refractivity (Wildman–Crippen MR) is 104 cm³/mol. The van der Waals surface area contributed by atoms with Crippen LogP contribution in [-0.2, 0) is 9.84 Å². The number of halogens is 1. The van der Waals surface area contributed by atoms with Gasteiger partial charge in [-0.15, -0.1) is 0 Å². The van der Waals surface area contributed by atoms with Gasteiger partial charge in [0.25, 0.3) is 0 Å². The normalized spacial score (nSPS) is 14.0. The van der Waals surface area contributed by atoms with Crippen LogP contribution < -0.4 is 15.4 Å². The molecule has 1 aromatic rings. The molecule has 0 aliphatic carbocycles. The Hall–Kier alpha value is -1.83. The quantitative estimate of drug-likeness (QED) is 0.529. The van der Waals surface area contributed by atoms with Crippen molar-refractivity contribution in [2.75, 3.05) is 25.4 Å². The first-order chi connectivity index (χ1) is 12.1. The molecular formula is C18H30FN3O3S. The fraction of sp³-hybridized carbons (Fsp3) is 0.611. The molecule has 2 N–H and O–H groups in total. The van der Waals surface area contributed by atoms with Gasteiger partial charge in [0.1, 0.15) is 6.10 Å². The van der Waals surface area contributed by atoms with E-state index in [1.807, 2.05) is 6.92 Å². The molecule has 0 bridgehead atoms. The van der Waals surface area contributed by atoms with E-state index >= 15 is 0 Å². The summed E-state index contributed by atoms with van der Waals surface area (Å²) in [5, 5.41) is 6.06. The fourth-order valence-corrected chi connectivity index (χ4v) is 2.95. The number of nitrogens with one attached hydrogen (secondary N) is 2. The standard InChI is InChI=1S/C18H30FN3O3S/c1-6-20-17(21-11-12-26(23,24)18(3,4)5)22-13-14(2)25-16-10-8-7-9-15(16)19/h7-10,14H,6,11-13H2,1-5H3,(H2,20,21,22). The number of guanidine groups is 1. The smallest absolute Gasteiger partial charge is 0.191 e. The van der Waals surface area contributed by atoms with Crippen LogP contribution in [0.5, 0.6) is 5.75 Å². The van der Waals surface area contributed by atoms with Gasteiger partial charge >= 0.3 is 0 Å². The number of hydrogen-bond acceptors (Lipinski definition) is 4. The third-order valence-electron chi connectivity index (χ3n) is 3.61. The zero-order chi connectivity index (χ0) is 19.8. The fourth-order valence-electron chi connectivity index (χ4n) is 1.97. The first-order valence-corrected chi connectivity index (χ1v) is 10.4. The lowest BCUT2D eigenvalue weighted by molar-refractivity contribution is 0.220. The van der Waals surface area contributed by atoms with Gasteiger partial charge < -0.3 is 15.4 Å². The molecule has 0 aliphatic heterocycles. The van der Waals surface area contributed by atoms with E-state index in [4.69, 9.17) is 4.74 Å². The summed E-state index contributed by atoms with van der Waals surface area (Å²) in [5.41, 5.74) is 0. The molecule has 26 heavy (non-hydrogen) atoms. The van der Waals surface area contributed by atoms with Crippen LogP contribution in [0.3, 0.4) is 0 Å². The highest BCUT2D eigenvalue weighted by Crippen LogP contribution is 2.17. The van der Waals surface area contributed by atoms with E-state index in [0.717, 1.165) is 0 Å². The second-order valence-electron chi connectivity index (χ2n) is 6.94. The molecule has 0 fully saturated rings. The Morgan fingerprint density at radius 3 is 2.50 bits per heavy atom. The molecule has 0 aromatic heterocycles. The summed E-state index contributed by atoms with van der Waals surface area (Å²) in [7, 11) is -3.20. The number of hydrogen-bond donors (Lipinski definition) is 2. The van der Waals surface area contributed by atoms with Gasteiger partial charge in [0.15, 0.2) is 27.4 Å². The molecule has 0 radical (unpaired) electrons. The minimum absolute atomic E-state index is 0.0161. The highest BCUT2D eigenvalue weighted by molar-refractivity contribution is 7.92. The predicted octanol–water partition coefficient (Wildman–Crippen LogP) is 2.36. The number of benzene rings is 1. The molecule has 0 amide bonds. The van der Waals surface area contributed by atoms with E-state index < -0.39 is 20.4 Å². The molecule has 1 unspecified atom stereocenters. The van der Waals surface area contributed by atoms with Crippen molar-refractivity contribution < 1.29 is 17.5 Å². The number of sulfone groups is 1. The van der Waals surface area contributed by atoms with Gasteiger partial charge in [-0.2, -0.15) is 0 Å². The van der Waals surface area contributed by atoms with Gasteiger partial charge in [-0.1, -0.05) is 12.1 Å². The van der Waals surface area contributed by atoms with Gasteiger partial charge in [-0.3, -0.25) is 0 Å². The topological polar surface area (TPSA) is 79.8 Å². The van der Waals surface area contributed by atoms with Crippen molar-refractivity contribution in [3.05, 3.63) is 30.1 Å². The monoisotopic (exact) mass is 387 g/mol. The number of rotatable bonds is 8. The summed E-state index contributed by atoms with van der Waals surface area (Å²) in [5.74, 6) is 0.285. The van der Waals surface area contributed by atoms with Crippen molar-refractivity contribution in [3.8, 4) is 5.75 Å². The van der Waals surface area contributed by atoms with E-state index in [0.29, 0.717) is 19.0 Å². The molecule has 8 heteroatoms. The summed E-state index contributed by atoms with van der Waals surface area (Å²) >= 11 is 0. The third kappa shape index (κ3) is 7.19. The minimum Gasteiger partial charge on any atom is -0.486 e. The van der Waals surface area contributed by atoms with Gasteiger partial charge in [0.05, 0.1) is 17.0 Å². The van der Waals surface area contributed by atoms with Crippen molar-refractivity contribution in [2.45, 2.75) is 45.5 Å². The highest BCUT2D eigenvalue weighted by atomic mass is 32.2. The van der Waals surface area contributed by atoms with Crippen molar-refractivity contribution in [1.29, 1.82) is 0 Å². The molecule has 0 aliphatic rings. The molecule has 6 nitrogen and oxygen atoms in total. The minimum atomic E-state index is -3.20. The van der Waals surface area contributed by atoms with Crippen LogP contribution in [0.15, 0.2) is 29.3 Å². The summed E-state index contributed by atoms with van der Waals surface area (Å²) in [6.45, 7) is 9.96. The van der Waals surface area contributed by atoms with Crippen LogP contribution in [-0.4, -0.2) is 50.6 Å². The molecule has 1 rings (SSSR count). The molecule has 0 saturated heterocycles. The van der Waals surface area contributed by atoms with Crippen LogP contribution in [0.25, 0.3) is 0 Å². The van der Waals surface area contributed by atoms with Crippen LogP contribution >= 0.6 is 0 Å². The van der Waals surface area contributed by atoms with E-state index in [1.54, 1.807) is 45.9 Å². The lowest BCUT2D eigenvalue weighted by Crippen LogP contribution is -2.42. The Morgan fingerprint density at radius 2 is 1.92 bits per heavy atom. The third-order valence-corrected chi connectivity index (χ3v) is 6.22. The first kappa shape index (κ1) is 22.2. The van der Waals surface area contributed by atoms with E-state index in [2.05, 4.69) is 15.6 Å². The maximum absolute atomic E-state index is 13.6. The molecule has 1 atom stereocenters. The van der Waals surface area contributed by atoms with Gasteiger partial charge in [-0.05, 0) is 46.8 Å². The Labute approximate surface area is 156 Å². The Kier molecular flexibility index (Phi) is 8.33. The van der Waals surface area contributed by atoms with Gasteiger partial charge in [0, 0.05) is 13.1 Å². The highest BCUT2D eigenvalue weighted by Gasteiger charge is 2.28. The Balaban J connectivity index is 2.59. The lowest BCUT2D eigenvalue weighted by Gasteiger charge is -2.20. The maximum atomic E-state index is 13.6. The number of aliphatic imine (C=N–C) groups is 1. The maximum Gasteiger partial charge on any atom is 0.191 e. The number of ether oxygens (including phenoxy) is 1. The van der Waals surface area contributed by atoms with Crippen LogP contribution in [0.4, 0.5) is 4.39 Å². The van der Waals surface area contributed by atoms with Gasteiger partial charge in [0.2, 0.25) is 0 Å². The van der Waals surface area contributed by atoms with E-state index in [1.165, 1.54) is 6.07 Å². The molecule has 0 saturated carbocycles. The van der Waals surface area contributed by atoms with Crippen LogP contribution in [0.1, 0.15) is 34.6 Å². The Bertz CT molecular complexity index is 700. The number of para-hydroxylation sites is 1. The second kappa shape index (κ2) is 9.75. The summed E-state index contributed by atoms with van der Waals surface area (Å²) in [4.78, 5) is 4.37. The molecule has 148 valence electrons. The van der Waals surface area contributed by atoms with Crippen LogP contribution in [0.2, 0.25) is 0 Å². The van der Waals surface area contributed by atoms with Crippen molar-refractivity contribution in [1.82, 2.24) is 10.6 Å². The van der Waals surface area contributed by atoms with Gasteiger partial charge in [-0.25, -0.2) is 17.8 Å². The Morgan fingerprint density at radius 1 is 1.27 bits per heavy atom. The largest absolute Gasteiger partial charge is 0.486 e. The SMILES string of the molecule is CCNC(=NCC(C)Oc1ccccc1F)NCCS(=O)(=O)C(C)(C)C. The lowest BCUT2D eigenvalue weighted by atomic mass is 10.3. The molecule has 0 heterocycles. The van der Waals surface area contributed by atoms with Crippen LogP contribution in [0, 0.1) is 5.82 Å². The second-order valence-corrected chi connectivity index (χ2v) is 9.80. The molecular weight excluding hydrogens is 357 g/mol. The summed E-state index contributed by atoms with van der Waals surface area (Å²) < 4.78 is 42.6. The van der Waals surface area contributed by atoms with E-state index in [9.17, 15) is 12.8 Å².